The van der Waals surface area contributed by atoms with Gasteiger partial charge in [-0.15, -0.1) is 10.2 Å². The highest BCUT2D eigenvalue weighted by molar-refractivity contribution is 7.14. The molecule has 0 fully saturated rings. The van der Waals surface area contributed by atoms with E-state index in [0.717, 1.165) is 35.9 Å². The Bertz CT molecular complexity index is 544. The summed E-state index contributed by atoms with van der Waals surface area (Å²) in [5.41, 5.74) is 0.715. The number of hydrogen-bond acceptors (Lipinski definition) is 4. The second kappa shape index (κ2) is 6.93. The van der Waals surface area contributed by atoms with Crippen LogP contribution >= 0.6 is 22.9 Å². The van der Waals surface area contributed by atoms with Gasteiger partial charge in [0.05, 0.1) is 5.02 Å². The maximum Gasteiger partial charge on any atom is 0.147 e. The molecule has 0 atom stereocenters. The van der Waals surface area contributed by atoms with Crippen LogP contribution in [-0.4, -0.2) is 23.3 Å². The Morgan fingerprint density at radius 3 is 2.89 bits per heavy atom. The van der Waals surface area contributed by atoms with Gasteiger partial charge in [0.1, 0.15) is 15.8 Å². The highest BCUT2D eigenvalue weighted by Gasteiger charge is 2.09. The van der Waals surface area contributed by atoms with Crippen LogP contribution in [0.15, 0.2) is 18.2 Å². The van der Waals surface area contributed by atoms with Crippen LogP contribution in [0, 0.1) is 5.82 Å². The quantitative estimate of drug-likeness (QED) is 0.829. The average Bonchev–Trinajstić information content (AvgIpc) is 2.87. The van der Waals surface area contributed by atoms with Crippen LogP contribution in [0.5, 0.6) is 0 Å². The molecule has 0 aliphatic carbocycles. The lowest BCUT2D eigenvalue weighted by Gasteiger charge is -1.99. The largest absolute Gasteiger partial charge is 0.316 e. The van der Waals surface area contributed by atoms with E-state index in [4.69, 9.17) is 11.6 Å². The van der Waals surface area contributed by atoms with Crippen LogP contribution in [0.4, 0.5) is 4.39 Å². The minimum absolute atomic E-state index is 0.122. The molecule has 2 rings (SSSR count). The van der Waals surface area contributed by atoms with Crippen molar-refractivity contribution in [2.75, 3.05) is 13.1 Å². The summed E-state index contributed by atoms with van der Waals surface area (Å²) >= 11 is 7.14. The van der Waals surface area contributed by atoms with Gasteiger partial charge in [-0.05, 0) is 25.1 Å². The molecule has 1 N–H and O–H groups in total. The minimum Gasteiger partial charge on any atom is -0.316 e. The number of nitrogens with one attached hydrogen (secondary N) is 1. The number of halogens is 2. The van der Waals surface area contributed by atoms with Crippen molar-refractivity contribution in [2.24, 2.45) is 0 Å². The number of hydrogen-bond donors (Lipinski definition) is 1. The maximum absolute atomic E-state index is 13.4. The normalized spacial score (nSPS) is 10.9. The summed E-state index contributed by atoms with van der Waals surface area (Å²) in [4.78, 5) is 0. The van der Waals surface area contributed by atoms with Crippen molar-refractivity contribution in [1.82, 2.24) is 15.5 Å². The average molecular weight is 300 g/mol. The van der Waals surface area contributed by atoms with Crippen LogP contribution in [0.25, 0.3) is 10.6 Å². The molecular weight excluding hydrogens is 285 g/mol. The third-order valence-electron chi connectivity index (χ3n) is 2.58. The molecule has 0 radical (unpaired) electrons. The zero-order valence-corrected chi connectivity index (χ0v) is 12.2. The van der Waals surface area contributed by atoms with Crippen molar-refractivity contribution >= 4 is 22.9 Å². The number of nitrogens with zero attached hydrogens (tertiary/aromatic N) is 2. The molecule has 0 aliphatic heterocycles. The molecule has 0 spiro atoms. The van der Waals surface area contributed by atoms with Crippen molar-refractivity contribution in [1.29, 1.82) is 0 Å². The summed E-state index contributed by atoms with van der Waals surface area (Å²) < 4.78 is 13.4. The van der Waals surface area contributed by atoms with Gasteiger partial charge in [0.2, 0.25) is 0 Å². The first-order chi connectivity index (χ1) is 9.20. The molecule has 3 nitrogen and oxygen atoms in total. The SMILES string of the molecule is CCCNCCc1nnc(-c2ccc(Cl)c(F)c2)s1. The maximum atomic E-state index is 13.4. The molecular formula is C13H15ClFN3S. The third kappa shape index (κ3) is 3.96. The first-order valence-corrected chi connectivity index (χ1v) is 7.38. The summed E-state index contributed by atoms with van der Waals surface area (Å²) in [6.07, 6.45) is 1.96. The van der Waals surface area contributed by atoms with Crippen molar-refractivity contribution in [3.8, 4) is 10.6 Å². The summed E-state index contributed by atoms with van der Waals surface area (Å²) in [5.74, 6) is -0.430. The number of rotatable bonds is 6. The van der Waals surface area contributed by atoms with E-state index in [1.54, 1.807) is 6.07 Å². The highest BCUT2D eigenvalue weighted by Crippen LogP contribution is 2.26. The molecule has 1 aromatic carbocycles. The molecule has 0 amide bonds. The Hall–Kier alpha value is -1.04. The van der Waals surface area contributed by atoms with Crippen molar-refractivity contribution in [3.63, 3.8) is 0 Å². The van der Waals surface area contributed by atoms with Gasteiger partial charge in [0.25, 0.3) is 0 Å². The first-order valence-electron chi connectivity index (χ1n) is 6.19. The Kier molecular flexibility index (Phi) is 5.24. The molecule has 0 bridgehead atoms. The lowest BCUT2D eigenvalue weighted by Crippen LogP contribution is -2.17. The number of aromatic nitrogens is 2. The summed E-state index contributed by atoms with van der Waals surface area (Å²) in [6, 6.07) is 4.68. The molecule has 0 unspecified atom stereocenters. The summed E-state index contributed by atoms with van der Waals surface area (Å²) in [7, 11) is 0. The topological polar surface area (TPSA) is 37.8 Å². The zero-order valence-electron chi connectivity index (χ0n) is 10.6. The van der Waals surface area contributed by atoms with Crippen LogP contribution in [0.2, 0.25) is 5.02 Å². The highest BCUT2D eigenvalue weighted by atomic mass is 35.5. The van der Waals surface area contributed by atoms with E-state index in [1.165, 1.54) is 23.5 Å². The van der Waals surface area contributed by atoms with Gasteiger partial charge in [0, 0.05) is 18.5 Å². The van der Waals surface area contributed by atoms with Gasteiger partial charge in [0.15, 0.2) is 0 Å². The zero-order chi connectivity index (χ0) is 13.7. The van der Waals surface area contributed by atoms with Crippen molar-refractivity contribution < 1.29 is 4.39 Å². The predicted molar refractivity (Wildman–Crippen MR) is 77.2 cm³/mol. The lowest BCUT2D eigenvalue weighted by atomic mass is 10.2. The van der Waals surface area contributed by atoms with Gasteiger partial charge in [-0.3, -0.25) is 0 Å². The molecule has 19 heavy (non-hydrogen) atoms. The van der Waals surface area contributed by atoms with Gasteiger partial charge in [-0.2, -0.15) is 0 Å². The van der Waals surface area contributed by atoms with E-state index in [9.17, 15) is 4.39 Å². The van der Waals surface area contributed by atoms with Gasteiger partial charge >= 0.3 is 0 Å². The second-order valence-electron chi connectivity index (χ2n) is 4.13. The molecule has 0 saturated heterocycles. The fraction of sp³-hybridized carbons (Fsp3) is 0.385. The van der Waals surface area contributed by atoms with E-state index in [1.807, 2.05) is 0 Å². The van der Waals surface area contributed by atoms with Crippen molar-refractivity contribution in [2.45, 2.75) is 19.8 Å². The minimum atomic E-state index is -0.430. The lowest BCUT2D eigenvalue weighted by molar-refractivity contribution is 0.629. The smallest absolute Gasteiger partial charge is 0.147 e. The third-order valence-corrected chi connectivity index (χ3v) is 3.91. The first kappa shape index (κ1) is 14.4. The summed E-state index contributed by atoms with van der Waals surface area (Å²) in [6.45, 7) is 4.02. The van der Waals surface area contributed by atoms with Gasteiger partial charge in [-0.25, -0.2) is 4.39 Å². The fourth-order valence-electron chi connectivity index (χ4n) is 1.60. The van der Waals surface area contributed by atoms with E-state index >= 15 is 0 Å². The monoisotopic (exact) mass is 299 g/mol. The van der Waals surface area contributed by atoms with Crippen LogP contribution < -0.4 is 5.32 Å². The molecule has 6 heteroatoms. The Morgan fingerprint density at radius 2 is 2.16 bits per heavy atom. The predicted octanol–water partition coefficient (Wildman–Crippen LogP) is 3.54. The number of benzene rings is 1. The van der Waals surface area contributed by atoms with E-state index in [2.05, 4.69) is 22.4 Å². The van der Waals surface area contributed by atoms with E-state index in [0.29, 0.717) is 5.56 Å². The molecule has 1 heterocycles. The molecule has 102 valence electrons. The Balaban J connectivity index is 2.01. The molecule has 1 aromatic heterocycles. The Labute approximate surface area is 120 Å². The van der Waals surface area contributed by atoms with Crippen molar-refractivity contribution in [3.05, 3.63) is 34.0 Å². The fourth-order valence-corrected chi connectivity index (χ4v) is 2.55. The van der Waals surface area contributed by atoms with E-state index in [-0.39, 0.29) is 5.02 Å². The van der Waals surface area contributed by atoms with Gasteiger partial charge < -0.3 is 5.32 Å². The van der Waals surface area contributed by atoms with E-state index < -0.39 is 5.82 Å². The molecule has 0 saturated carbocycles. The second-order valence-corrected chi connectivity index (χ2v) is 5.60. The van der Waals surface area contributed by atoms with Crippen LogP contribution in [-0.2, 0) is 6.42 Å². The standard InChI is InChI=1S/C13H15ClFN3S/c1-2-6-16-7-5-12-17-18-13(19-12)9-3-4-10(14)11(15)8-9/h3-4,8,16H,2,5-7H2,1H3. The van der Waals surface area contributed by atoms with Gasteiger partial charge in [-0.1, -0.05) is 35.9 Å². The van der Waals surface area contributed by atoms with Crippen LogP contribution in [0.3, 0.4) is 0 Å². The van der Waals surface area contributed by atoms with Crippen LogP contribution in [0.1, 0.15) is 18.4 Å². The summed E-state index contributed by atoms with van der Waals surface area (Å²) in [5, 5.41) is 13.3. The molecule has 0 aliphatic rings. The molecule has 2 aromatic rings. The Morgan fingerprint density at radius 1 is 1.32 bits per heavy atom.